The minimum absolute atomic E-state index is 0. The molecule has 0 bridgehead atoms. The van der Waals surface area contributed by atoms with Crippen LogP contribution < -0.4 is 14.8 Å². The van der Waals surface area contributed by atoms with E-state index in [0.717, 1.165) is 121 Å². The summed E-state index contributed by atoms with van der Waals surface area (Å²) in [6, 6.07) is 9.75. The molecule has 0 fully saturated rings. The molecule has 0 aromatic heterocycles. The van der Waals surface area contributed by atoms with E-state index < -0.39 is 11.6 Å². The van der Waals surface area contributed by atoms with Crippen molar-refractivity contribution in [1.82, 2.24) is 10.2 Å². The zero-order chi connectivity index (χ0) is 50.8. The summed E-state index contributed by atoms with van der Waals surface area (Å²) in [7, 11) is 3.29. The van der Waals surface area contributed by atoms with Gasteiger partial charge in [-0.3, -0.25) is 4.90 Å². The quantitative estimate of drug-likeness (QED) is 0.0551. The van der Waals surface area contributed by atoms with Gasteiger partial charge < -0.3 is 14.8 Å². The van der Waals surface area contributed by atoms with Gasteiger partial charge >= 0.3 is 0 Å². The summed E-state index contributed by atoms with van der Waals surface area (Å²) >= 11 is 0. The Bertz CT molecular complexity index is 2100. The number of allylic oxidation sites excluding steroid dienone is 17. The minimum Gasteiger partial charge on any atom is -0.493 e. The van der Waals surface area contributed by atoms with Crippen molar-refractivity contribution in [2.75, 3.05) is 33.9 Å². The fraction of sp³-hybridized carbons (Fsp3) is 0.524. The van der Waals surface area contributed by atoms with E-state index in [1.165, 1.54) is 75.1 Å². The number of methoxy groups -OCH3 is 2. The van der Waals surface area contributed by atoms with Crippen LogP contribution in [0, 0.1) is 11.6 Å². The average Bonchev–Trinajstić information content (AvgIpc) is 3.29. The lowest BCUT2D eigenvalue weighted by Crippen LogP contribution is -2.32. The molecule has 4 nitrogen and oxygen atoms in total. The number of hydrogen-bond acceptors (Lipinski definition) is 4. The maximum absolute atomic E-state index is 14.2. The summed E-state index contributed by atoms with van der Waals surface area (Å²) in [6.45, 7) is 25.8. The summed E-state index contributed by atoms with van der Waals surface area (Å²) < 4.78 is 38.6. The second-order valence-electron chi connectivity index (χ2n) is 19.8. The topological polar surface area (TPSA) is 33.7 Å². The highest BCUT2D eigenvalue weighted by Crippen LogP contribution is 2.28. The Hall–Kier alpha value is -3.94. The van der Waals surface area contributed by atoms with Crippen LogP contribution in [0.3, 0.4) is 0 Å². The van der Waals surface area contributed by atoms with Crippen LogP contribution in [0.15, 0.2) is 141 Å². The van der Waals surface area contributed by atoms with Crippen LogP contribution >= 0.6 is 24.8 Å². The summed E-state index contributed by atoms with van der Waals surface area (Å²) in [4.78, 5) is 2.36. The summed E-state index contributed by atoms with van der Waals surface area (Å²) in [5, 5.41) is 3.33. The Morgan fingerprint density at radius 1 is 0.479 bits per heavy atom. The van der Waals surface area contributed by atoms with Gasteiger partial charge in [-0.05, 0) is 196 Å². The first kappa shape index (κ1) is 67.1. The number of benzene rings is 2. The molecule has 0 saturated carbocycles. The van der Waals surface area contributed by atoms with E-state index in [1.807, 2.05) is 12.1 Å². The van der Waals surface area contributed by atoms with Gasteiger partial charge in [0.25, 0.3) is 0 Å². The maximum atomic E-state index is 14.2. The molecular formula is C63H96Cl2F2N2O2. The first-order valence-corrected chi connectivity index (χ1v) is 26.0. The van der Waals surface area contributed by atoms with Gasteiger partial charge in [0.05, 0.1) is 14.2 Å². The molecular weight excluding hydrogens is 926 g/mol. The van der Waals surface area contributed by atoms with Crippen molar-refractivity contribution in [2.24, 2.45) is 0 Å². The van der Waals surface area contributed by atoms with E-state index in [4.69, 9.17) is 9.47 Å². The zero-order valence-electron chi connectivity index (χ0n) is 46.3. The molecule has 0 amide bonds. The molecule has 2 rings (SSSR count). The van der Waals surface area contributed by atoms with Crippen LogP contribution in [-0.2, 0) is 13.1 Å². The van der Waals surface area contributed by atoms with Crippen molar-refractivity contribution in [3.05, 3.63) is 164 Å². The highest BCUT2D eigenvalue weighted by atomic mass is 35.5. The largest absolute Gasteiger partial charge is 0.493 e. The lowest BCUT2D eigenvalue weighted by atomic mass is 10.0. The van der Waals surface area contributed by atoms with Crippen molar-refractivity contribution in [1.29, 1.82) is 0 Å². The molecule has 0 heterocycles. The molecule has 0 aliphatic heterocycles. The highest BCUT2D eigenvalue weighted by Gasteiger charge is 2.10. The van der Waals surface area contributed by atoms with Crippen LogP contribution in [0.2, 0.25) is 0 Å². The van der Waals surface area contributed by atoms with E-state index in [-0.39, 0.29) is 24.8 Å². The third-order valence-electron chi connectivity index (χ3n) is 12.8. The third-order valence-corrected chi connectivity index (χ3v) is 12.8. The van der Waals surface area contributed by atoms with Crippen molar-refractivity contribution < 1.29 is 18.3 Å². The second kappa shape index (κ2) is 40.5. The number of nitrogens with one attached hydrogen (secondary N) is 1. The van der Waals surface area contributed by atoms with Gasteiger partial charge in [0.15, 0.2) is 11.5 Å². The summed E-state index contributed by atoms with van der Waals surface area (Å²) in [5.74, 6) is 0.322. The molecule has 71 heavy (non-hydrogen) atoms. The highest BCUT2D eigenvalue weighted by molar-refractivity contribution is 5.85. The maximum Gasteiger partial charge on any atom is 0.161 e. The van der Waals surface area contributed by atoms with E-state index >= 15 is 0 Å². The lowest BCUT2D eigenvalue weighted by molar-refractivity contribution is 0.290. The van der Waals surface area contributed by atoms with Gasteiger partial charge in [0.1, 0.15) is 11.6 Å². The van der Waals surface area contributed by atoms with Crippen LogP contribution in [0.1, 0.15) is 183 Å². The fourth-order valence-electron chi connectivity index (χ4n) is 8.11. The number of ether oxygens (including phenoxy) is 2. The van der Waals surface area contributed by atoms with Gasteiger partial charge in [-0.15, -0.1) is 24.8 Å². The predicted molar refractivity (Wildman–Crippen MR) is 311 cm³/mol. The first-order chi connectivity index (χ1) is 33.1. The normalized spacial score (nSPS) is 13.3. The van der Waals surface area contributed by atoms with Gasteiger partial charge in [-0.1, -0.05) is 117 Å². The molecule has 0 radical (unpaired) electrons. The average molecular weight is 1020 g/mol. The van der Waals surface area contributed by atoms with Crippen molar-refractivity contribution in [3.8, 4) is 11.5 Å². The van der Waals surface area contributed by atoms with Crippen LogP contribution in [-0.4, -0.2) is 38.8 Å². The van der Waals surface area contributed by atoms with E-state index in [1.54, 1.807) is 14.2 Å². The lowest BCUT2D eigenvalue weighted by Gasteiger charge is -2.22. The van der Waals surface area contributed by atoms with Crippen LogP contribution in [0.5, 0.6) is 11.5 Å². The van der Waals surface area contributed by atoms with Crippen molar-refractivity contribution in [3.63, 3.8) is 0 Å². The second-order valence-corrected chi connectivity index (χ2v) is 19.8. The molecule has 0 atom stereocenters. The Labute approximate surface area is 445 Å². The van der Waals surface area contributed by atoms with E-state index in [9.17, 15) is 8.78 Å². The Balaban J connectivity index is 0.0000245. The standard InChI is InChI=1S/C63H94F2N2O2.2ClH/c1-49(2)21-13-22-50(3)23-14-24-51(4)25-15-26-52(5)27-16-28-53(6)29-17-30-54(7)31-18-32-55(8)33-19-34-56(9)35-20-36-57(10)41-43-67(48-58-37-40-62(68-11)63(45-58)69-12)44-42-66-47-59-38-39-60(64)46-61(59)65;;/h21,23,25,27,29,31,33,35,37-41,45-46,66H,13-20,22,24,26,28,30,32,34,36,42-44,47-48H2,1-12H3;2*1H/b50-23+,51-25+,52-27+,53-29+,54-31+,55-33+,56-35+,57-41+;;. The van der Waals surface area contributed by atoms with Gasteiger partial charge in [0.2, 0.25) is 0 Å². The van der Waals surface area contributed by atoms with Gasteiger partial charge in [-0.2, -0.15) is 0 Å². The molecule has 2 aromatic rings. The molecule has 8 heteroatoms. The van der Waals surface area contributed by atoms with Gasteiger partial charge in [0, 0.05) is 44.4 Å². The SMILES string of the molecule is COc1ccc(CN(C/C=C(\C)CC/C=C(\C)CC/C=C(\C)CC/C=C(\C)CC/C=C(\C)CC/C=C(\C)CC/C=C(\C)CC/C=C(\C)CCC=C(C)C)CCNCc2ccc(F)cc2F)cc1OC.Cl.Cl. The molecule has 1 N–H and O–H groups in total. The van der Waals surface area contributed by atoms with Gasteiger partial charge in [-0.25, -0.2) is 8.78 Å². The molecule has 398 valence electrons. The van der Waals surface area contributed by atoms with E-state index in [2.05, 4.69) is 140 Å². The first-order valence-electron chi connectivity index (χ1n) is 26.0. The molecule has 0 aliphatic carbocycles. The third kappa shape index (κ3) is 33.4. The van der Waals surface area contributed by atoms with Crippen molar-refractivity contribution in [2.45, 2.75) is 185 Å². The molecule has 2 aromatic carbocycles. The van der Waals surface area contributed by atoms with E-state index in [0.29, 0.717) is 30.2 Å². The number of hydrogen-bond donors (Lipinski definition) is 1. The minimum atomic E-state index is -0.562. The number of nitrogens with zero attached hydrogens (tertiary/aromatic N) is 1. The zero-order valence-corrected chi connectivity index (χ0v) is 48.0. The van der Waals surface area contributed by atoms with Crippen molar-refractivity contribution >= 4 is 24.8 Å². The Morgan fingerprint density at radius 3 is 1.23 bits per heavy atom. The molecule has 0 unspecified atom stereocenters. The van der Waals surface area contributed by atoms with Crippen LogP contribution in [0.4, 0.5) is 8.78 Å². The molecule has 0 spiro atoms. The summed E-state index contributed by atoms with van der Waals surface area (Å²) in [6.07, 6.45) is 39.7. The molecule has 0 saturated heterocycles. The Morgan fingerprint density at radius 2 is 0.859 bits per heavy atom. The summed E-state index contributed by atoms with van der Waals surface area (Å²) in [5.41, 5.74) is 14.8. The van der Waals surface area contributed by atoms with Crippen LogP contribution in [0.25, 0.3) is 0 Å². The monoisotopic (exact) mass is 1020 g/mol. The predicted octanol–water partition coefficient (Wildman–Crippen LogP) is 19.2. The number of halogens is 4. The number of rotatable bonds is 35. The Kier molecular flexibility index (Phi) is 38.3. The fourth-order valence-corrected chi connectivity index (χ4v) is 8.11. The molecule has 0 aliphatic rings. The smallest absolute Gasteiger partial charge is 0.161 e.